The van der Waals surface area contributed by atoms with Gasteiger partial charge in [0.15, 0.2) is 0 Å². The normalized spacial score (nSPS) is 18.9. The second-order valence-corrected chi connectivity index (χ2v) is 6.86. The van der Waals surface area contributed by atoms with Gasteiger partial charge in [-0.3, -0.25) is 13.8 Å². The van der Waals surface area contributed by atoms with Crippen molar-refractivity contribution < 1.29 is 0 Å². The van der Waals surface area contributed by atoms with E-state index in [1.54, 1.807) is 23.0 Å². The highest BCUT2D eigenvalue weighted by Crippen LogP contribution is 2.36. The van der Waals surface area contributed by atoms with Crippen molar-refractivity contribution in [1.29, 1.82) is 0 Å². The van der Waals surface area contributed by atoms with Gasteiger partial charge in [0.05, 0.1) is 5.39 Å². The standard InChI is InChI=1S/C14H16N4OS/c1-7-4-5-9-10(6-7)20-13-11(9)12(19)17(3)14-16-15-8(2)18(13)14/h7H,4-6H2,1-3H3/t7-/m0/s1. The van der Waals surface area contributed by atoms with E-state index < -0.39 is 0 Å². The summed E-state index contributed by atoms with van der Waals surface area (Å²) in [5.41, 5.74) is 1.32. The van der Waals surface area contributed by atoms with Crippen molar-refractivity contribution in [3.05, 3.63) is 26.6 Å². The first kappa shape index (κ1) is 12.1. The maximum absolute atomic E-state index is 12.7. The second kappa shape index (κ2) is 3.91. The van der Waals surface area contributed by atoms with Gasteiger partial charge in [-0.2, -0.15) is 0 Å². The zero-order valence-electron chi connectivity index (χ0n) is 11.8. The first-order valence-corrected chi connectivity index (χ1v) is 7.74. The average molecular weight is 288 g/mol. The van der Waals surface area contributed by atoms with E-state index in [2.05, 4.69) is 17.1 Å². The molecule has 0 amide bonds. The van der Waals surface area contributed by atoms with Gasteiger partial charge in [0.1, 0.15) is 10.7 Å². The van der Waals surface area contributed by atoms with Crippen molar-refractivity contribution in [2.45, 2.75) is 33.1 Å². The van der Waals surface area contributed by atoms with Crippen molar-refractivity contribution in [1.82, 2.24) is 19.2 Å². The minimum Gasteiger partial charge on any atom is -0.279 e. The number of hydrogen-bond donors (Lipinski definition) is 0. The Hall–Kier alpha value is -1.69. The summed E-state index contributed by atoms with van der Waals surface area (Å²) in [6, 6.07) is 0. The molecule has 0 N–H and O–H groups in total. The summed E-state index contributed by atoms with van der Waals surface area (Å²) in [5, 5.41) is 9.15. The van der Waals surface area contributed by atoms with Crippen molar-refractivity contribution in [2.24, 2.45) is 13.0 Å². The minimum atomic E-state index is 0.0620. The van der Waals surface area contributed by atoms with Crippen LogP contribution in [-0.4, -0.2) is 19.2 Å². The van der Waals surface area contributed by atoms with E-state index in [4.69, 9.17) is 0 Å². The van der Waals surface area contributed by atoms with Crippen LogP contribution in [0.4, 0.5) is 0 Å². The van der Waals surface area contributed by atoms with E-state index in [0.717, 1.165) is 28.9 Å². The quantitative estimate of drug-likeness (QED) is 0.636. The summed E-state index contributed by atoms with van der Waals surface area (Å²) in [6.45, 7) is 4.22. The Labute approximate surface area is 119 Å². The number of fused-ring (bicyclic) bond motifs is 5. The summed E-state index contributed by atoms with van der Waals surface area (Å²) < 4.78 is 3.64. The molecule has 1 atom stereocenters. The van der Waals surface area contributed by atoms with E-state index in [9.17, 15) is 4.79 Å². The van der Waals surface area contributed by atoms with Crippen molar-refractivity contribution >= 4 is 27.3 Å². The molecule has 3 heterocycles. The SMILES string of the molecule is Cc1nnc2n(C)c(=O)c3c4c(sc3n12)C[C@@H](C)CC4. The molecule has 0 unspecified atom stereocenters. The van der Waals surface area contributed by atoms with Crippen molar-refractivity contribution in [3.8, 4) is 0 Å². The third-order valence-corrected chi connectivity index (χ3v) is 5.56. The molecule has 1 aliphatic rings. The van der Waals surface area contributed by atoms with Gasteiger partial charge in [-0.15, -0.1) is 21.5 Å². The molecule has 0 fully saturated rings. The Morgan fingerprint density at radius 3 is 2.95 bits per heavy atom. The van der Waals surface area contributed by atoms with Gasteiger partial charge in [-0.25, -0.2) is 0 Å². The van der Waals surface area contributed by atoms with Crippen LogP contribution < -0.4 is 5.56 Å². The summed E-state index contributed by atoms with van der Waals surface area (Å²) in [7, 11) is 1.78. The number of aromatic nitrogens is 4. The zero-order valence-corrected chi connectivity index (χ0v) is 12.6. The Balaban J connectivity index is 2.24. The summed E-state index contributed by atoms with van der Waals surface area (Å²) in [6.07, 6.45) is 3.26. The number of aryl methyl sites for hydroxylation is 3. The molecule has 4 rings (SSSR count). The Bertz CT molecular complexity index is 902. The van der Waals surface area contributed by atoms with Crippen molar-refractivity contribution in [2.75, 3.05) is 0 Å². The zero-order chi connectivity index (χ0) is 14.0. The molecule has 1 aliphatic carbocycles. The van der Waals surface area contributed by atoms with Gasteiger partial charge < -0.3 is 0 Å². The van der Waals surface area contributed by atoms with Crippen LogP contribution in [0.25, 0.3) is 16.0 Å². The predicted octanol–water partition coefficient (Wildman–Crippen LogP) is 2.08. The van der Waals surface area contributed by atoms with Gasteiger partial charge in [-0.1, -0.05) is 6.92 Å². The second-order valence-electron chi connectivity index (χ2n) is 5.78. The lowest BCUT2D eigenvalue weighted by atomic mass is 9.89. The molecule has 3 aromatic heterocycles. The number of thiophene rings is 1. The number of nitrogens with zero attached hydrogens (tertiary/aromatic N) is 4. The monoisotopic (exact) mass is 288 g/mol. The highest BCUT2D eigenvalue weighted by molar-refractivity contribution is 7.18. The van der Waals surface area contributed by atoms with Crippen LogP contribution >= 0.6 is 11.3 Å². The van der Waals surface area contributed by atoms with Gasteiger partial charge >= 0.3 is 0 Å². The lowest BCUT2D eigenvalue weighted by Crippen LogP contribution is -2.21. The fourth-order valence-corrected chi connectivity index (χ4v) is 4.73. The summed E-state index contributed by atoms with van der Waals surface area (Å²) in [5.74, 6) is 2.18. The summed E-state index contributed by atoms with van der Waals surface area (Å²) in [4.78, 5) is 15.0. The fourth-order valence-electron chi connectivity index (χ4n) is 3.18. The van der Waals surface area contributed by atoms with Gasteiger partial charge in [0.2, 0.25) is 5.78 Å². The lowest BCUT2D eigenvalue weighted by Gasteiger charge is -2.17. The Kier molecular flexibility index (Phi) is 2.36. The fraction of sp³-hybridized carbons (Fsp3) is 0.500. The maximum Gasteiger partial charge on any atom is 0.263 e. The molecule has 0 spiro atoms. The third kappa shape index (κ3) is 1.40. The molecule has 6 heteroatoms. The smallest absolute Gasteiger partial charge is 0.263 e. The lowest BCUT2D eigenvalue weighted by molar-refractivity contribution is 0.509. The maximum atomic E-state index is 12.7. The molecule has 0 radical (unpaired) electrons. The van der Waals surface area contributed by atoms with E-state index in [-0.39, 0.29) is 5.56 Å². The molecule has 0 aliphatic heterocycles. The van der Waals surface area contributed by atoms with E-state index in [1.807, 2.05) is 11.3 Å². The van der Waals surface area contributed by atoms with Crippen molar-refractivity contribution in [3.63, 3.8) is 0 Å². The van der Waals surface area contributed by atoms with E-state index in [1.165, 1.54) is 16.9 Å². The molecule has 0 bridgehead atoms. The molecular formula is C14H16N4OS. The van der Waals surface area contributed by atoms with E-state index in [0.29, 0.717) is 11.7 Å². The first-order chi connectivity index (χ1) is 9.58. The van der Waals surface area contributed by atoms with Crippen LogP contribution in [0.1, 0.15) is 29.6 Å². The van der Waals surface area contributed by atoms with Crippen LogP contribution in [0.15, 0.2) is 4.79 Å². The van der Waals surface area contributed by atoms with Crippen LogP contribution in [0.3, 0.4) is 0 Å². The van der Waals surface area contributed by atoms with Crippen LogP contribution in [0.5, 0.6) is 0 Å². The van der Waals surface area contributed by atoms with Crippen LogP contribution in [0.2, 0.25) is 0 Å². The Morgan fingerprint density at radius 1 is 1.35 bits per heavy atom. The third-order valence-electron chi connectivity index (χ3n) is 4.32. The molecule has 3 aromatic rings. The number of hydrogen-bond acceptors (Lipinski definition) is 4. The van der Waals surface area contributed by atoms with Gasteiger partial charge in [-0.05, 0) is 37.7 Å². The highest BCUT2D eigenvalue weighted by atomic mass is 32.1. The van der Waals surface area contributed by atoms with Crippen LogP contribution in [0, 0.1) is 12.8 Å². The molecule has 104 valence electrons. The van der Waals surface area contributed by atoms with E-state index >= 15 is 0 Å². The van der Waals surface area contributed by atoms with Crippen LogP contribution in [-0.2, 0) is 19.9 Å². The molecular weight excluding hydrogens is 272 g/mol. The number of rotatable bonds is 0. The highest BCUT2D eigenvalue weighted by Gasteiger charge is 2.25. The molecule has 0 saturated carbocycles. The molecule has 20 heavy (non-hydrogen) atoms. The molecule has 0 aromatic carbocycles. The predicted molar refractivity (Wildman–Crippen MR) is 79.5 cm³/mol. The first-order valence-electron chi connectivity index (χ1n) is 6.93. The minimum absolute atomic E-state index is 0.0620. The molecule has 0 saturated heterocycles. The Morgan fingerprint density at radius 2 is 2.15 bits per heavy atom. The summed E-state index contributed by atoms with van der Waals surface area (Å²) >= 11 is 1.74. The average Bonchev–Trinajstić information content (AvgIpc) is 2.96. The van der Waals surface area contributed by atoms with Gasteiger partial charge in [0, 0.05) is 11.9 Å². The molecule has 5 nitrogen and oxygen atoms in total. The largest absolute Gasteiger partial charge is 0.279 e. The van der Waals surface area contributed by atoms with Gasteiger partial charge in [0.25, 0.3) is 5.56 Å². The topological polar surface area (TPSA) is 52.2 Å².